The van der Waals surface area contributed by atoms with Crippen LogP contribution in [0.25, 0.3) is 6.08 Å². The van der Waals surface area contributed by atoms with Crippen molar-refractivity contribution in [3.63, 3.8) is 0 Å². The maximum Gasteiger partial charge on any atom is 0.273 e. The molecule has 0 atom stereocenters. The Morgan fingerprint density at radius 1 is 1.33 bits per heavy atom. The Morgan fingerprint density at radius 3 is 2.59 bits per heavy atom. The highest BCUT2D eigenvalue weighted by Crippen LogP contribution is 2.28. The SMILES string of the molecule is CC(C)c1ccc(/C=C(\C#N)C(=O)Nc2ccc(F)c(Cl)c2)cc1[N+](=O)[O-]. The first-order valence-corrected chi connectivity index (χ1v) is 8.27. The maximum atomic E-state index is 13.2. The molecule has 0 saturated carbocycles. The molecular weight excluding hydrogens is 373 g/mol. The van der Waals surface area contributed by atoms with E-state index in [1.54, 1.807) is 18.2 Å². The second-order valence-corrected chi connectivity index (χ2v) is 6.39. The Bertz CT molecular complexity index is 981. The van der Waals surface area contributed by atoms with Gasteiger partial charge in [-0.05, 0) is 35.8 Å². The van der Waals surface area contributed by atoms with E-state index in [0.717, 1.165) is 6.07 Å². The number of hydrogen-bond acceptors (Lipinski definition) is 4. The van der Waals surface area contributed by atoms with Crippen LogP contribution < -0.4 is 5.32 Å². The summed E-state index contributed by atoms with van der Waals surface area (Å²) < 4.78 is 13.2. The van der Waals surface area contributed by atoms with E-state index in [1.165, 1.54) is 24.3 Å². The number of anilines is 1. The van der Waals surface area contributed by atoms with Crippen molar-refractivity contribution in [2.45, 2.75) is 19.8 Å². The van der Waals surface area contributed by atoms with E-state index in [1.807, 2.05) is 13.8 Å². The largest absolute Gasteiger partial charge is 0.321 e. The fourth-order valence-electron chi connectivity index (χ4n) is 2.38. The number of nitro benzene ring substituents is 1. The van der Waals surface area contributed by atoms with Crippen molar-refractivity contribution in [3.8, 4) is 6.07 Å². The van der Waals surface area contributed by atoms with Crippen LogP contribution >= 0.6 is 11.6 Å². The lowest BCUT2D eigenvalue weighted by atomic mass is 9.98. The van der Waals surface area contributed by atoms with Crippen LogP contribution in [0.15, 0.2) is 42.0 Å². The molecule has 1 amide bonds. The molecule has 138 valence electrons. The molecular formula is C19H15ClFN3O3. The highest BCUT2D eigenvalue weighted by molar-refractivity contribution is 6.31. The second kappa shape index (κ2) is 8.43. The summed E-state index contributed by atoms with van der Waals surface area (Å²) in [7, 11) is 0. The Balaban J connectivity index is 2.33. The molecule has 0 spiro atoms. The summed E-state index contributed by atoms with van der Waals surface area (Å²) in [4.78, 5) is 23.0. The summed E-state index contributed by atoms with van der Waals surface area (Å²) in [5.41, 5.74) is 0.772. The quantitative estimate of drug-likeness (QED) is 0.336. The van der Waals surface area contributed by atoms with Crippen molar-refractivity contribution < 1.29 is 14.1 Å². The van der Waals surface area contributed by atoms with Gasteiger partial charge in [-0.1, -0.05) is 37.6 Å². The summed E-state index contributed by atoms with van der Waals surface area (Å²) in [6.45, 7) is 3.67. The van der Waals surface area contributed by atoms with E-state index < -0.39 is 16.6 Å². The van der Waals surface area contributed by atoms with Gasteiger partial charge in [-0.3, -0.25) is 14.9 Å². The molecule has 2 aromatic rings. The predicted molar refractivity (Wildman–Crippen MR) is 101 cm³/mol. The first-order valence-electron chi connectivity index (χ1n) is 7.89. The van der Waals surface area contributed by atoms with Crippen LogP contribution in [0.3, 0.4) is 0 Å². The number of hydrogen-bond donors (Lipinski definition) is 1. The van der Waals surface area contributed by atoms with Crippen LogP contribution in [0.5, 0.6) is 0 Å². The molecule has 0 aliphatic carbocycles. The van der Waals surface area contributed by atoms with Crippen molar-refractivity contribution in [3.05, 3.63) is 74.1 Å². The number of halogens is 2. The summed E-state index contributed by atoms with van der Waals surface area (Å²) in [5.74, 6) is -1.43. The van der Waals surface area contributed by atoms with Crippen molar-refractivity contribution in [1.82, 2.24) is 0 Å². The smallest absolute Gasteiger partial charge is 0.273 e. The van der Waals surface area contributed by atoms with Crippen molar-refractivity contribution in [1.29, 1.82) is 5.26 Å². The third-order valence-electron chi connectivity index (χ3n) is 3.73. The molecule has 2 aromatic carbocycles. The average Bonchev–Trinajstić information content (AvgIpc) is 2.62. The van der Waals surface area contributed by atoms with E-state index in [2.05, 4.69) is 5.32 Å². The maximum absolute atomic E-state index is 13.2. The molecule has 2 rings (SSSR count). The normalized spacial score (nSPS) is 11.2. The highest BCUT2D eigenvalue weighted by Gasteiger charge is 2.17. The molecule has 1 N–H and O–H groups in total. The summed E-state index contributed by atoms with van der Waals surface area (Å²) in [6.07, 6.45) is 1.25. The average molecular weight is 388 g/mol. The van der Waals surface area contributed by atoms with Gasteiger partial charge in [0.15, 0.2) is 0 Å². The zero-order chi connectivity index (χ0) is 20.1. The molecule has 0 bridgehead atoms. The van der Waals surface area contributed by atoms with Gasteiger partial charge >= 0.3 is 0 Å². The zero-order valence-corrected chi connectivity index (χ0v) is 15.2. The number of rotatable bonds is 5. The number of benzene rings is 2. The number of nitriles is 1. The second-order valence-electron chi connectivity index (χ2n) is 5.98. The van der Waals surface area contributed by atoms with Gasteiger partial charge in [0.25, 0.3) is 11.6 Å². The summed E-state index contributed by atoms with van der Waals surface area (Å²) >= 11 is 5.66. The number of carbonyl (C=O) groups excluding carboxylic acids is 1. The number of nitrogens with one attached hydrogen (secondary N) is 1. The predicted octanol–water partition coefficient (Wildman–Crippen LogP) is 5.06. The van der Waals surface area contributed by atoms with Gasteiger partial charge in [0.1, 0.15) is 17.5 Å². The number of nitro groups is 1. The van der Waals surface area contributed by atoms with Gasteiger partial charge in [-0.15, -0.1) is 0 Å². The van der Waals surface area contributed by atoms with Gasteiger partial charge in [0, 0.05) is 17.3 Å². The van der Waals surface area contributed by atoms with Crippen molar-refractivity contribution in [2.24, 2.45) is 0 Å². The monoisotopic (exact) mass is 387 g/mol. The Hall–Kier alpha value is -3.24. The lowest BCUT2D eigenvalue weighted by Gasteiger charge is -2.08. The molecule has 27 heavy (non-hydrogen) atoms. The molecule has 6 nitrogen and oxygen atoms in total. The van der Waals surface area contributed by atoms with E-state index in [-0.39, 0.29) is 27.9 Å². The standard InChI is InChI=1S/C19H15ClFN3O3/c1-11(2)15-5-3-12(8-18(15)24(26)27)7-13(10-22)19(25)23-14-4-6-17(21)16(20)9-14/h3-9,11H,1-2H3,(H,23,25)/b13-7+. The third-order valence-corrected chi connectivity index (χ3v) is 4.02. The van der Waals surface area contributed by atoms with Crippen molar-refractivity contribution >= 4 is 35.0 Å². The lowest BCUT2D eigenvalue weighted by molar-refractivity contribution is -0.385. The lowest BCUT2D eigenvalue weighted by Crippen LogP contribution is -2.13. The van der Waals surface area contributed by atoms with E-state index >= 15 is 0 Å². The fourth-order valence-corrected chi connectivity index (χ4v) is 2.56. The topological polar surface area (TPSA) is 96.0 Å². The van der Waals surface area contributed by atoms with Gasteiger partial charge in [-0.2, -0.15) is 5.26 Å². The number of nitrogens with zero attached hydrogens (tertiary/aromatic N) is 2. The third kappa shape index (κ3) is 4.90. The summed E-state index contributed by atoms with van der Waals surface area (Å²) in [6, 6.07) is 9.87. The van der Waals surface area contributed by atoms with E-state index in [0.29, 0.717) is 11.1 Å². The molecule has 0 aromatic heterocycles. The van der Waals surface area contributed by atoms with E-state index in [9.17, 15) is 24.6 Å². The van der Waals surface area contributed by atoms with Gasteiger partial charge < -0.3 is 5.32 Å². The number of amides is 1. The Labute approximate surface area is 160 Å². The minimum Gasteiger partial charge on any atom is -0.321 e. The molecule has 0 saturated heterocycles. The Morgan fingerprint density at radius 2 is 2.04 bits per heavy atom. The number of carbonyl (C=O) groups is 1. The molecule has 0 aliphatic rings. The molecule has 0 radical (unpaired) electrons. The zero-order valence-electron chi connectivity index (χ0n) is 14.5. The summed E-state index contributed by atoms with van der Waals surface area (Å²) in [5, 5.41) is 22.8. The van der Waals surface area contributed by atoms with Crippen LogP contribution in [-0.4, -0.2) is 10.8 Å². The van der Waals surface area contributed by atoms with Crippen LogP contribution in [-0.2, 0) is 4.79 Å². The van der Waals surface area contributed by atoms with Crippen LogP contribution in [0, 0.1) is 27.3 Å². The highest BCUT2D eigenvalue weighted by atomic mass is 35.5. The molecule has 8 heteroatoms. The first-order chi connectivity index (χ1) is 12.7. The van der Waals surface area contributed by atoms with Crippen LogP contribution in [0.2, 0.25) is 5.02 Å². The van der Waals surface area contributed by atoms with Crippen LogP contribution in [0.1, 0.15) is 30.9 Å². The van der Waals surface area contributed by atoms with E-state index in [4.69, 9.17) is 11.6 Å². The van der Waals surface area contributed by atoms with Crippen molar-refractivity contribution in [2.75, 3.05) is 5.32 Å². The fraction of sp³-hybridized carbons (Fsp3) is 0.158. The van der Waals surface area contributed by atoms with Gasteiger partial charge in [0.2, 0.25) is 0 Å². The molecule has 0 fully saturated rings. The molecule has 0 heterocycles. The molecule has 0 aliphatic heterocycles. The minimum atomic E-state index is -0.740. The first kappa shape index (κ1) is 20.1. The van der Waals surface area contributed by atoms with Crippen LogP contribution in [0.4, 0.5) is 15.8 Å². The van der Waals surface area contributed by atoms with Gasteiger partial charge in [-0.25, -0.2) is 4.39 Å². The van der Waals surface area contributed by atoms with Gasteiger partial charge in [0.05, 0.1) is 9.95 Å². The minimum absolute atomic E-state index is 0.0506. The molecule has 0 unspecified atom stereocenters. The Kier molecular flexibility index (Phi) is 6.27.